The van der Waals surface area contributed by atoms with Gasteiger partial charge >= 0.3 is 0 Å². The third kappa shape index (κ3) is 2.76. The van der Waals surface area contributed by atoms with Gasteiger partial charge < -0.3 is 0 Å². The van der Waals surface area contributed by atoms with Crippen LogP contribution >= 0.6 is 34.8 Å². The van der Waals surface area contributed by atoms with Gasteiger partial charge in [0, 0.05) is 23.2 Å². The summed E-state index contributed by atoms with van der Waals surface area (Å²) in [6.45, 7) is 6.30. The predicted octanol–water partition coefficient (Wildman–Crippen LogP) is 5.34. The Kier molecular flexibility index (Phi) is 3.87. The van der Waals surface area contributed by atoms with Crippen LogP contribution < -0.4 is 0 Å². The lowest BCUT2D eigenvalue weighted by atomic mass is 9.85. The van der Waals surface area contributed by atoms with Gasteiger partial charge in [-0.05, 0) is 23.6 Å². The van der Waals surface area contributed by atoms with Gasteiger partial charge in [0.05, 0.1) is 10.7 Å². The first-order valence-electron chi connectivity index (χ1n) is 5.90. The lowest BCUT2D eigenvalue weighted by Gasteiger charge is -2.20. The standard InChI is InChI=1S/C14H15Cl3N2/c1-14(2,3)11-12(19(4)18-13(11)17)9-6-5-8(15)7-10(9)16/h5-7H,1-4H3. The molecule has 2 rings (SSSR count). The lowest BCUT2D eigenvalue weighted by molar-refractivity contribution is 0.591. The molecule has 2 nitrogen and oxygen atoms in total. The molecule has 0 bridgehead atoms. The molecule has 1 aromatic carbocycles. The third-order valence-corrected chi connectivity index (χ3v) is 3.75. The molecule has 0 N–H and O–H groups in total. The molecule has 19 heavy (non-hydrogen) atoms. The number of hydrogen-bond donors (Lipinski definition) is 0. The first-order chi connectivity index (χ1) is 8.71. The molecule has 1 aromatic heterocycles. The van der Waals surface area contributed by atoms with Gasteiger partial charge in [-0.25, -0.2) is 0 Å². The Morgan fingerprint density at radius 3 is 2.26 bits per heavy atom. The summed E-state index contributed by atoms with van der Waals surface area (Å²) in [4.78, 5) is 0. The molecular formula is C14H15Cl3N2. The number of rotatable bonds is 1. The number of aryl methyl sites for hydroxylation is 1. The van der Waals surface area contributed by atoms with Gasteiger partial charge in [-0.15, -0.1) is 0 Å². The third-order valence-electron chi connectivity index (χ3n) is 2.94. The van der Waals surface area contributed by atoms with E-state index in [9.17, 15) is 0 Å². The first kappa shape index (κ1) is 14.7. The number of nitrogens with zero attached hydrogens (tertiary/aromatic N) is 2. The number of halogens is 3. The topological polar surface area (TPSA) is 17.8 Å². The maximum absolute atomic E-state index is 6.30. The van der Waals surface area contributed by atoms with Crippen LogP contribution in [-0.4, -0.2) is 9.78 Å². The van der Waals surface area contributed by atoms with Crippen LogP contribution in [0, 0.1) is 0 Å². The van der Waals surface area contributed by atoms with Crippen molar-refractivity contribution < 1.29 is 0 Å². The second kappa shape index (κ2) is 5.01. The number of hydrogen-bond acceptors (Lipinski definition) is 1. The minimum atomic E-state index is -0.121. The average molecular weight is 318 g/mol. The van der Waals surface area contributed by atoms with Crippen molar-refractivity contribution in [1.29, 1.82) is 0 Å². The molecule has 5 heteroatoms. The van der Waals surface area contributed by atoms with E-state index in [0.717, 1.165) is 16.8 Å². The van der Waals surface area contributed by atoms with Crippen molar-refractivity contribution >= 4 is 34.8 Å². The zero-order valence-electron chi connectivity index (χ0n) is 11.3. The molecule has 2 aromatic rings. The van der Waals surface area contributed by atoms with Gasteiger partial charge in [-0.3, -0.25) is 4.68 Å². The monoisotopic (exact) mass is 316 g/mol. The zero-order chi connectivity index (χ0) is 14.4. The largest absolute Gasteiger partial charge is 0.266 e. The van der Waals surface area contributed by atoms with Crippen LogP contribution in [0.2, 0.25) is 15.2 Å². The van der Waals surface area contributed by atoms with Crippen LogP contribution in [0.1, 0.15) is 26.3 Å². The van der Waals surface area contributed by atoms with Crippen LogP contribution in [0.4, 0.5) is 0 Å². The van der Waals surface area contributed by atoms with E-state index < -0.39 is 0 Å². The SMILES string of the molecule is Cn1nc(Cl)c(C(C)(C)C)c1-c1ccc(Cl)cc1Cl. The molecule has 1 heterocycles. The van der Waals surface area contributed by atoms with Gasteiger partial charge in [0.1, 0.15) is 0 Å². The summed E-state index contributed by atoms with van der Waals surface area (Å²) in [5.74, 6) is 0. The van der Waals surface area contributed by atoms with Crippen molar-refractivity contribution in [3.63, 3.8) is 0 Å². The van der Waals surface area contributed by atoms with Gasteiger partial charge in [0.15, 0.2) is 5.15 Å². The van der Waals surface area contributed by atoms with Gasteiger partial charge in [-0.1, -0.05) is 55.6 Å². The van der Waals surface area contributed by atoms with Gasteiger partial charge in [0.25, 0.3) is 0 Å². The summed E-state index contributed by atoms with van der Waals surface area (Å²) in [6, 6.07) is 5.44. The Bertz CT molecular complexity index is 624. The predicted molar refractivity (Wildman–Crippen MR) is 82.4 cm³/mol. The minimum absolute atomic E-state index is 0.121. The molecule has 0 radical (unpaired) electrons. The molecule has 0 fully saturated rings. The van der Waals surface area contributed by atoms with Crippen molar-refractivity contribution in [2.75, 3.05) is 0 Å². The van der Waals surface area contributed by atoms with E-state index in [-0.39, 0.29) is 5.41 Å². The lowest BCUT2D eigenvalue weighted by Crippen LogP contribution is -2.13. The molecule has 0 aliphatic carbocycles. The summed E-state index contributed by atoms with van der Waals surface area (Å²) in [6.07, 6.45) is 0. The number of benzene rings is 1. The Labute approximate surface area is 128 Å². The zero-order valence-corrected chi connectivity index (χ0v) is 13.5. The van der Waals surface area contributed by atoms with Crippen LogP contribution in [0.5, 0.6) is 0 Å². The molecule has 0 spiro atoms. The van der Waals surface area contributed by atoms with E-state index in [4.69, 9.17) is 34.8 Å². The quantitative estimate of drug-likeness (QED) is 0.693. The van der Waals surface area contributed by atoms with Crippen LogP contribution in [0.25, 0.3) is 11.3 Å². The highest BCUT2D eigenvalue weighted by Gasteiger charge is 2.27. The van der Waals surface area contributed by atoms with Crippen molar-refractivity contribution in [1.82, 2.24) is 9.78 Å². The normalized spacial score (nSPS) is 11.9. The Morgan fingerprint density at radius 2 is 1.74 bits per heavy atom. The van der Waals surface area contributed by atoms with Gasteiger partial charge in [0.2, 0.25) is 0 Å². The van der Waals surface area contributed by atoms with E-state index in [0.29, 0.717) is 15.2 Å². The fourth-order valence-corrected chi connectivity index (χ4v) is 3.13. The molecule has 0 saturated heterocycles. The molecule has 0 aliphatic rings. The average Bonchev–Trinajstić information content (AvgIpc) is 2.53. The Hall–Kier alpha value is -0.700. The molecule has 0 saturated carbocycles. The fourth-order valence-electron chi connectivity index (χ4n) is 2.15. The maximum Gasteiger partial charge on any atom is 0.155 e. The summed E-state index contributed by atoms with van der Waals surface area (Å²) < 4.78 is 1.76. The van der Waals surface area contributed by atoms with E-state index in [1.807, 2.05) is 19.2 Å². The van der Waals surface area contributed by atoms with Crippen molar-refractivity contribution in [3.05, 3.63) is 39.0 Å². The summed E-state index contributed by atoms with van der Waals surface area (Å²) >= 11 is 18.5. The summed E-state index contributed by atoms with van der Waals surface area (Å²) in [5.41, 5.74) is 2.68. The first-order valence-corrected chi connectivity index (χ1v) is 7.03. The van der Waals surface area contributed by atoms with Crippen molar-refractivity contribution in [2.24, 2.45) is 7.05 Å². The highest BCUT2D eigenvalue weighted by Crippen LogP contribution is 2.40. The second-order valence-electron chi connectivity index (χ2n) is 5.51. The van der Waals surface area contributed by atoms with E-state index in [1.165, 1.54) is 0 Å². The summed E-state index contributed by atoms with van der Waals surface area (Å²) in [5, 5.41) is 6.02. The second-order valence-corrected chi connectivity index (χ2v) is 6.71. The molecule has 0 amide bonds. The van der Waals surface area contributed by atoms with Crippen LogP contribution in [0.3, 0.4) is 0 Å². The fraction of sp³-hybridized carbons (Fsp3) is 0.357. The van der Waals surface area contributed by atoms with E-state index >= 15 is 0 Å². The van der Waals surface area contributed by atoms with E-state index in [2.05, 4.69) is 25.9 Å². The van der Waals surface area contributed by atoms with Crippen molar-refractivity contribution in [3.8, 4) is 11.3 Å². The molecule has 0 aliphatic heterocycles. The molecular weight excluding hydrogens is 303 g/mol. The molecule has 0 unspecified atom stereocenters. The van der Waals surface area contributed by atoms with Crippen LogP contribution in [0.15, 0.2) is 18.2 Å². The highest BCUT2D eigenvalue weighted by atomic mass is 35.5. The van der Waals surface area contributed by atoms with E-state index in [1.54, 1.807) is 10.7 Å². The molecule has 0 atom stereocenters. The van der Waals surface area contributed by atoms with Crippen LogP contribution in [-0.2, 0) is 12.5 Å². The summed E-state index contributed by atoms with van der Waals surface area (Å²) in [7, 11) is 1.86. The van der Waals surface area contributed by atoms with Gasteiger partial charge in [-0.2, -0.15) is 5.10 Å². The smallest absolute Gasteiger partial charge is 0.155 e. The number of aromatic nitrogens is 2. The van der Waals surface area contributed by atoms with Crippen molar-refractivity contribution in [2.45, 2.75) is 26.2 Å². The maximum atomic E-state index is 6.30. The Morgan fingerprint density at radius 1 is 1.11 bits per heavy atom. The Balaban J connectivity index is 2.75. The highest BCUT2D eigenvalue weighted by molar-refractivity contribution is 6.36. The minimum Gasteiger partial charge on any atom is -0.266 e. The molecule has 102 valence electrons.